The van der Waals surface area contributed by atoms with Crippen molar-refractivity contribution < 1.29 is 4.74 Å². The van der Waals surface area contributed by atoms with Crippen LogP contribution in [-0.2, 0) is 0 Å². The molecule has 3 nitrogen and oxygen atoms in total. The number of nitrogens with zero attached hydrogens (tertiary/aromatic N) is 1. The second-order valence-electron chi connectivity index (χ2n) is 6.96. The zero-order chi connectivity index (χ0) is 17.9. The Balaban J connectivity index is 1.62. The molecule has 1 fully saturated rings. The number of aromatic amines is 1. The van der Waals surface area contributed by atoms with Crippen LogP contribution in [0.1, 0.15) is 37.9 Å². The lowest BCUT2D eigenvalue weighted by atomic mass is 9.89. The van der Waals surface area contributed by atoms with E-state index >= 15 is 0 Å². The van der Waals surface area contributed by atoms with Crippen molar-refractivity contribution in [2.24, 2.45) is 5.92 Å². The lowest BCUT2D eigenvalue weighted by molar-refractivity contribution is 0.415. The molecule has 4 rings (SSSR count). The Morgan fingerprint density at radius 3 is 2.77 bits per heavy atom. The molecule has 1 aromatic heterocycles. The molecule has 134 valence electrons. The van der Waals surface area contributed by atoms with Crippen molar-refractivity contribution in [3.05, 3.63) is 53.3 Å². The molecular formula is C22H23ClN2O. The van der Waals surface area contributed by atoms with Gasteiger partial charge >= 0.3 is 0 Å². The Kier molecular flexibility index (Phi) is 4.98. The molecule has 1 N–H and O–H groups in total. The minimum absolute atomic E-state index is 0.697. The SMILES string of the molecule is COc1ccc(Cl)c(-c2ccc3nc(C=CC4CCCCC4)[nH]c3c2)c1. The van der Waals surface area contributed by atoms with E-state index in [-0.39, 0.29) is 0 Å². The van der Waals surface area contributed by atoms with Gasteiger partial charge in [0.1, 0.15) is 11.6 Å². The Morgan fingerprint density at radius 2 is 1.96 bits per heavy atom. The fourth-order valence-electron chi connectivity index (χ4n) is 3.68. The Hall–Kier alpha value is -2.26. The van der Waals surface area contributed by atoms with Gasteiger partial charge in [0.05, 0.1) is 18.1 Å². The third-order valence-corrected chi connectivity index (χ3v) is 5.49. The summed E-state index contributed by atoms with van der Waals surface area (Å²) in [6.45, 7) is 0. The normalized spacial score (nSPS) is 15.8. The van der Waals surface area contributed by atoms with Crippen molar-refractivity contribution in [2.45, 2.75) is 32.1 Å². The molecule has 2 aromatic carbocycles. The highest BCUT2D eigenvalue weighted by atomic mass is 35.5. The van der Waals surface area contributed by atoms with Gasteiger partial charge in [0.25, 0.3) is 0 Å². The quantitative estimate of drug-likeness (QED) is 0.573. The van der Waals surface area contributed by atoms with Crippen LogP contribution >= 0.6 is 11.6 Å². The highest BCUT2D eigenvalue weighted by molar-refractivity contribution is 6.33. The molecule has 1 saturated carbocycles. The number of rotatable bonds is 4. The lowest BCUT2D eigenvalue weighted by Crippen LogP contribution is -2.02. The van der Waals surface area contributed by atoms with Gasteiger partial charge in [-0.3, -0.25) is 0 Å². The fourth-order valence-corrected chi connectivity index (χ4v) is 3.91. The first-order chi connectivity index (χ1) is 12.7. The third kappa shape index (κ3) is 3.63. The topological polar surface area (TPSA) is 37.9 Å². The van der Waals surface area contributed by atoms with E-state index in [1.54, 1.807) is 7.11 Å². The monoisotopic (exact) mass is 366 g/mol. The molecule has 4 heteroatoms. The lowest BCUT2D eigenvalue weighted by Gasteiger charge is -2.17. The summed E-state index contributed by atoms with van der Waals surface area (Å²) in [7, 11) is 1.66. The first-order valence-electron chi connectivity index (χ1n) is 9.25. The summed E-state index contributed by atoms with van der Waals surface area (Å²) in [6, 6.07) is 11.9. The summed E-state index contributed by atoms with van der Waals surface area (Å²) in [6.07, 6.45) is 11.1. The Labute approximate surface area is 159 Å². The third-order valence-electron chi connectivity index (χ3n) is 5.16. The summed E-state index contributed by atoms with van der Waals surface area (Å²) >= 11 is 6.39. The van der Waals surface area contributed by atoms with Gasteiger partial charge in [-0.05, 0) is 60.7 Å². The zero-order valence-corrected chi connectivity index (χ0v) is 15.7. The first kappa shape index (κ1) is 17.2. The van der Waals surface area contributed by atoms with Gasteiger partial charge in [-0.25, -0.2) is 4.98 Å². The fraction of sp³-hybridized carbons (Fsp3) is 0.318. The molecule has 0 spiro atoms. The Bertz CT molecular complexity index is 938. The summed E-state index contributed by atoms with van der Waals surface area (Å²) in [5.74, 6) is 2.41. The van der Waals surface area contributed by atoms with Gasteiger partial charge < -0.3 is 9.72 Å². The van der Waals surface area contributed by atoms with Crippen LogP contribution in [-0.4, -0.2) is 17.1 Å². The van der Waals surface area contributed by atoms with Crippen LogP contribution in [0.3, 0.4) is 0 Å². The van der Waals surface area contributed by atoms with Gasteiger partial charge in [0, 0.05) is 10.6 Å². The average Bonchev–Trinajstić information content (AvgIpc) is 3.10. The van der Waals surface area contributed by atoms with Crippen molar-refractivity contribution in [1.82, 2.24) is 9.97 Å². The van der Waals surface area contributed by atoms with Gasteiger partial charge in [0.15, 0.2) is 0 Å². The molecular weight excluding hydrogens is 344 g/mol. The van der Waals surface area contributed by atoms with E-state index in [1.807, 2.05) is 24.3 Å². The van der Waals surface area contributed by atoms with E-state index in [4.69, 9.17) is 16.3 Å². The molecule has 1 heterocycles. The summed E-state index contributed by atoms with van der Waals surface area (Å²) in [5.41, 5.74) is 4.00. The van der Waals surface area contributed by atoms with Crippen LogP contribution in [0.2, 0.25) is 5.02 Å². The average molecular weight is 367 g/mol. The van der Waals surface area contributed by atoms with E-state index in [1.165, 1.54) is 32.1 Å². The molecule has 0 radical (unpaired) electrons. The number of benzene rings is 2. The number of ether oxygens (including phenoxy) is 1. The maximum absolute atomic E-state index is 6.39. The van der Waals surface area contributed by atoms with Crippen LogP contribution in [0.4, 0.5) is 0 Å². The molecule has 0 saturated heterocycles. The predicted molar refractivity (Wildman–Crippen MR) is 109 cm³/mol. The Morgan fingerprint density at radius 1 is 1.12 bits per heavy atom. The minimum Gasteiger partial charge on any atom is -0.497 e. The number of halogens is 1. The maximum atomic E-state index is 6.39. The van der Waals surface area contributed by atoms with Gasteiger partial charge in [0.2, 0.25) is 0 Å². The summed E-state index contributed by atoms with van der Waals surface area (Å²) < 4.78 is 5.32. The molecule has 26 heavy (non-hydrogen) atoms. The van der Waals surface area contributed by atoms with Crippen LogP contribution in [0.15, 0.2) is 42.5 Å². The second kappa shape index (κ2) is 7.55. The van der Waals surface area contributed by atoms with Gasteiger partial charge in [-0.15, -0.1) is 0 Å². The van der Waals surface area contributed by atoms with Crippen molar-refractivity contribution >= 4 is 28.7 Å². The van der Waals surface area contributed by atoms with E-state index in [0.29, 0.717) is 10.9 Å². The van der Waals surface area contributed by atoms with E-state index in [0.717, 1.165) is 33.7 Å². The largest absolute Gasteiger partial charge is 0.497 e. The number of imidazole rings is 1. The predicted octanol–water partition coefficient (Wildman–Crippen LogP) is 6.49. The van der Waals surface area contributed by atoms with E-state index in [9.17, 15) is 0 Å². The standard InChI is InChI=1S/C22H23ClN2O/c1-26-17-9-10-19(23)18(14-17)16-8-11-20-21(13-16)25-22(24-20)12-7-15-5-3-2-4-6-15/h7-15H,2-6H2,1H3,(H,24,25). The number of hydrogen-bond acceptors (Lipinski definition) is 2. The molecule has 0 aliphatic heterocycles. The molecule has 0 bridgehead atoms. The molecule has 3 aromatic rings. The highest BCUT2D eigenvalue weighted by Crippen LogP contribution is 2.33. The number of nitrogens with one attached hydrogen (secondary N) is 1. The van der Waals surface area contributed by atoms with Crippen molar-refractivity contribution in [3.8, 4) is 16.9 Å². The van der Waals surface area contributed by atoms with Crippen LogP contribution in [0.25, 0.3) is 28.2 Å². The number of fused-ring (bicyclic) bond motifs is 1. The van der Waals surface area contributed by atoms with E-state index in [2.05, 4.69) is 34.3 Å². The molecule has 1 aliphatic rings. The smallest absolute Gasteiger partial charge is 0.130 e. The minimum atomic E-state index is 0.697. The molecule has 0 unspecified atom stereocenters. The number of allylic oxidation sites excluding steroid dienone is 1. The number of H-pyrrole nitrogens is 1. The van der Waals surface area contributed by atoms with Crippen molar-refractivity contribution in [1.29, 1.82) is 0 Å². The second-order valence-corrected chi connectivity index (χ2v) is 7.36. The van der Waals surface area contributed by atoms with E-state index < -0.39 is 0 Å². The zero-order valence-electron chi connectivity index (χ0n) is 15.0. The number of hydrogen-bond donors (Lipinski definition) is 1. The number of aromatic nitrogens is 2. The van der Waals surface area contributed by atoms with Gasteiger partial charge in [-0.2, -0.15) is 0 Å². The van der Waals surface area contributed by atoms with Crippen LogP contribution in [0, 0.1) is 5.92 Å². The van der Waals surface area contributed by atoms with Crippen molar-refractivity contribution in [3.63, 3.8) is 0 Å². The summed E-state index contributed by atoms with van der Waals surface area (Å²) in [4.78, 5) is 8.11. The van der Waals surface area contributed by atoms with Gasteiger partial charge in [-0.1, -0.05) is 43.0 Å². The molecule has 0 amide bonds. The highest BCUT2D eigenvalue weighted by Gasteiger charge is 2.11. The summed E-state index contributed by atoms with van der Waals surface area (Å²) in [5, 5.41) is 0.710. The first-order valence-corrected chi connectivity index (χ1v) is 9.62. The van der Waals surface area contributed by atoms with Crippen LogP contribution in [0.5, 0.6) is 5.75 Å². The molecule has 1 aliphatic carbocycles. The molecule has 0 atom stereocenters. The maximum Gasteiger partial charge on any atom is 0.130 e. The number of methoxy groups -OCH3 is 1. The van der Waals surface area contributed by atoms with Crippen LogP contribution < -0.4 is 4.74 Å². The van der Waals surface area contributed by atoms with Crippen molar-refractivity contribution in [2.75, 3.05) is 7.11 Å².